The second kappa shape index (κ2) is 9.05. The normalized spacial score (nSPS) is 11.3. The maximum absolute atomic E-state index is 12.7. The van der Waals surface area contributed by atoms with E-state index in [-0.39, 0.29) is 12.3 Å². The third-order valence-electron chi connectivity index (χ3n) is 4.26. The average molecular weight is 416 g/mol. The van der Waals surface area contributed by atoms with Crippen LogP contribution < -0.4 is 0 Å². The third kappa shape index (κ3) is 5.54. The van der Waals surface area contributed by atoms with E-state index in [1.165, 1.54) is 23.5 Å². The average Bonchev–Trinajstić information content (AvgIpc) is 3.16. The molecule has 1 amide bonds. The van der Waals surface area contributed by atoms with Gasteiger partial charge in [0, 0.05) is 24.0 Å². The Bertz CT molecular complexity index is 966. The number of alkyl halides is 3. The van der Waals surface area contributed by atoms with Crippen LogP contribution in [0.25, 0.3) is 10.6 Å². The number of rotatable bonds is 7. The summed E-state index contributed by atoms with van der Waals surface area (Å²) in [4.78, 5) is 18.8. The maximum Gasteiger partial charge on any atom is 0.416 e. The minimum absolute atomic E-state index is 0.0852. The van der Waals surface area contributed by atoms with Crippen LogP contribution in [-0.4, -0.2) is 22.3 Å². The topological polar surface area (TPSA) is 33.2 Å². The first-order chi connectivity index (χ1) is 13.9. The summed E-state index contributed by atoms with van der Waals surface area (Å²) in [6.45, 7) is 4.61. The van der Waals surface area contributed by atoms with Gasteiger partial charge >= 0.3 is 6.18 Å². The molecule has 0 aliphatic heterocycles. The number of aromatic nitrogens is 1. The SMILES string of the molecule is C=CCN(Cc1ccccc1)C(=O)Cc1csc(-c2ccc(C(F)(F)F)cc2)n1. The van der Waals surface area contributed by atoms with Gasteiger partial charge in [0.15, 0.2) is 0 Å². The summed E-state index contributed by atoms with van der Waals surface area (Å²) in [7, 11) is 0. The summed E-state index contributed by atoms with van der Waals surface area (Å²) in [5.74, 6) is -0.0852. The lowest BCUT2D eigenvalue weighted by molar-refractivity contribution is -0.137. The Balaban J connectivity index is 1.69. The van der Waals surface area contributed by atoms with E-state index in [4.69, 9.17) is 0 Å². The number of nitrogens with zero attached hydrogens (tertiary/aromatic N) is 2. The lowest BCUT2D eigenvalue weighted by atomic mass is 10.1. The van der Waals surface area contributed by atoms with Crippen LogP contribution in [0.3, 0.4) is 0 Å². The van der Waals surface area contributed by atoms with Crippen LogP contribution in [0.5, 0.6) is 0 Å². The molecule has 0 radical (unpaired) electrons. The van der Waals surface area contributed by atoms with Crippen molar-refractivity contribution in [3.63, 3.8) is 0 Å². The van der Waals surface area contributed by atoms with Gasteiger partial charge in [-0.05, 0) is 17.7 Å². The first kappa shape index (κ1) is 20.8. The fraction of sp³-hybridized carbons (Fsp3) is 0.182. The van der Waals surface area contributed by atoms with Gasteiger partial charge in [0.05, 0.1) is 17.7 Å². The Morgan fingerprint density at radius 2 is 1.79 bits per heavy atom. The van der Waals surface area contributed by atoms with Gasteiger partial charge in [-0.15, -0.1) is 17.9 Å². The standard InChI is InChI=1S/C22H19F3N2OS/c1-2-12-27(14-16-6-4-3-5-7-16)20(28)13-19-15-29-21(26-19)17-8-10-18(11-9-17)22(23,24)25/h2-11,15H,1,12-14H2. The summed E-state index contributed by atoms with van der Waals surface area (Å²) in [5.41, 5.74) is 1.51. The zero-order valence-electron chi connectivity index (χ0n) is 15.5. The Hall–Kier alpha value is -2.93. The molecular formula is C22H19F3N2OS. The van der Waals surface area contributed by atoms with Crippen molar-refractivity contribution in [1.82, 2.24) is 9.88 Å². The summed E-state index contributed by atoms with van der Waals surface area (Å²) in [5, 5.41) is 2.35. The van der Waals surface area contributed by atoms with E-state index in [2.05, 4.69) is 11.6 Å². The lowest BCUT2D eigenvalue weighted by Crippen LogP contribution is -2.32. The van der Waals surface area contributed by atoms with Gasteiger partial charge < -0.3 is 4.90 Å². The molecule has 2 aromatic carbocycles. The van der Waals surface area contributed by atoms with E-state index in [1.54, 1.807) is 16.4 Å². The molecule has 0 atom stereocenters. The Morgan fingerprint density at radius 1 is 1.10 bits per heavy atom. The molecule has 0 unspecified atom stereocenters. The lowest BCUT2D eigenvalue weighted by Gasteiger charge is -2.21. The first-order valence-corrected chi connectivity index (χ1v) is 9.79. The molecule has 1 aromatic heterocycles. The second-order valence-corrected chi connectivity index (χ2v) is 7.30. The number of halogens is 3. The quantitative estimate of drug-likeness (QED) is 0.471. The van der Waals surface area contributed by atoms with Crippen LogP contribution in [0.4, 0.5) is 13.2 Å². The molecule has 0 saturated carbocycles. The Labute approximate surface area is 171 Å². The summed E-state index contributed by atoms with van der Waals surface area (Å²) in [6.07, 6.45) is -2.57. The second-order valence-electron chi connectivity index (χ2n) is 6.44. The molecule has 0 aliphatic rings. The van der Waals surface area contributed by atoms with Gasteiger partial charge in [-0.25, -0.2) is 4.98 Å². The highest BCUT2D eigenvalue weighted by molar-refractivity contribution is 7.13. The molecule has 3 nitrogen and oxygen atoms in total. The van der Waals surface area contributed by atoms with Crippen LogP contribution in [0.2, 0.25) is 0 Å². The highest BCUT2D eigenvalue weighted by atomic mass is 32.1. The van der Waals surface area contributed by atoms with Crippen molar-refractivity contribution in [1.29, 1.82) is 0 Å². The number of carbonyl (C=O) groups excluding carboxylic acids is 1. The van der Waals surface area contributed by atoms with Crippen molar-refractivity contribution in [2.75, 3.05) is 6.54 Å². The molecule has 1 heterocycles. The zero-order valence-corrected chi connectivity index (χ0v) is 16.3. The van der Waals surface area contributed by atoms with Crippen molar-refractivity contribution in [3.8, 4) is 10.6 Å². The first-order valence-electron chi connectivity index (χ1n) is 8.91. The van der Waals surface area contributed by atoms with E-state index in [1.807, 2.05) is 30.3 Å². The predicted octanol–water partition coefficient (Wildman–Crippen LogP) is 5.59. The number of carbonyl (C=O) groups is 1. The monoisotopic (exact) mass is 416 g/mol. The summed E-state index contributed by atoms with van der Waals surface area (Å²) in [6, 6.07) is 14.5. The van der Waals surface area contributed by atoms with Gasteiger partial charge in [0.2, 0.25) is 5.91 Å². The van der Waals surface area contributed by atoms with Gasteiger partial charge in [-0.1, -0.05) is 48.5 Å². The fourth-order valence-corrected chi connectivity index (χ4v) is 3.63. The molecule has 0 fully saturated rings. The largest absolute Gasteiger partial charge is 0.416 e. The molecule has 0 spiro atoms. The smallest absolute Gasteiger partial charge is 0.334 e. The van der Waals surface area contributed by atoms with Gasteiger partial charge in [-0.2, -0.15) is 13.2 Å². The number of benzene rings is 2. The number of amides is 1. The van der Waals surface area contributed by atoms with Gasteiger partial charge in [0.25, 0.3) is 0 Å². The summed E-state index contributed by atoms with van der Waals surface area (Å²) < 4.78 is 38.1. The number of hydrogen-bond acceptors (Lipinski definition) is 3. The molecule has 3 rings (SSSR count). The molecule has 3 aromatic rings. The Kier molecular flexibility index (Phi) is 6.49. The number of hydrogen-bond donors (Lipinski definition) is 0. The molecule has 7 heteroatoms. The van der Waals surface area contributed by atoms with Crippen LogP contribution in [0, 0.1) is 0 Å². The molecule has 0 aliphatic carbocycles. The molecular weight excluding hydrogens is 397 g/mol. The van der Waals surface area contributed by atoms with Crippen molar-refractivity contribution in [2.45, 2.75) is 19.1 Å². The van der Waals surface area contributed by atoms with Crippen molar-refractivity contribution in [3.05, 3.63) is 89.5 Å². The van der Waals surface area contributed by atoms with E-state index in [0.29, 0.717) is 29.4 Å². The van der Waals surface area contributed by atoms with E-state index < -0.39 is 11.7 Å². The van der Waals surface area contributed by atoms with Crippen molar-refractivity contribution in [2.24, 2.45) is 0 Å². The molecule has 0 bridgehead atoms. The van der Waals surface area contributed by atoms with E-state index >= 15 is 0 Å². The molecule has 150 valence electrons. The minimum atomic E-state index is -4.37. The third-order valence-corrected chi connectivity index (χ3v) is 5.20. The zero-order chi connectivity index (χ0) is 20.9. The highest BCUT2D eigenvalue weighted by Crippen LogP contribution is 2.31. The molecule has 0 N–H and O–H groups in total. The van der Waals surface area contributed by atoms with Gasteiger partial charge in [-0.3, -0.25) is 4.79 Å². The maximum atomic E-state index is 12.7. The molecule has 29 heavy (non-hydrogen) atoms. The summed E-state index contributed by atoms with van der Waals surface area (Å²) >= 11 is 1.30. The fourth-order valence-electron chi connectivity index (χ4n) is 2.80. The highest BCUT2D eigenvalue weighted by Gasteiger charge is 2.30. The van der Waals surface area contributed by atoms with Crippen LogP contribution in [-0.2, 0) is 23.9 Å². The van der Waals surface area contributed by atoms with Crippen LogP contribution >= 0.6 is 11.3 Å². The van der Waals surface area contributed by atoms with E-state index in [9.17, 15) is 18.0 Å². The van der Waals surface area contributed by atoms with Gasteiger partial charge in [0.1, 0.15) is 5.01 Å². The van der Waals surface area contributed by atoms with Crippen LogP contribution in [0.15, 0.2) is 72.6 Å². The Morgan fingerprint density at radius 3 is 2.41 bits per heavy atom. The van der Waals surface area contributed by atoms with Crippen molar-refractivity contribution >= 4 is 17.2 Å². The van der Waals surface area contributed by atoms with Crippen LogP contribution in [0.1, 0.15) is 16.8 Å². The minimum Gasteiger partial charge on any atom is -0.334 e. The van der Waals surface area contributed by atoms with E-state index in [0.717, 1.165) is 17.7 Å². The number of thiazole rings is 1. The van der Waals surface area contributed by atoms with Crippen molar-refractivity contribution < 1.29 is 18.0 Å². The predicted molar refractivity (Wildman–Crippen MR) is 108 cm³/mol. The molecule has 0 saturated heterocycles.